The van der Waals surface area contributed by atoms with Gasteiger partial charge < -0.3 is 4.57 Å². The Kier molecular flexibility index (Phi) is 4.45. The standard InChI is InChI=1S/C21H17N5O/c1-26-12-4-5-16(26)14-23-25-21(27)18-13-20(15-8-10-22-11-9-15)24-19-7-3-2-6-17(18)19/h2-14H,1H3,(H,25,27). The fourth-order valence-corrected chi connectivity index (χ4v) is 2.86. The summed E-state index contributed by atoms with van der Waals surface area (Å²) in [7, 11) is 1.92. The van der Waals surface area contributed by atoms with E-state index in [0.29, 0.717) is 11.3 Å². The van der Waals surface area contributed by atoms with E-state index in [4.69, 9.17) is 0 Å². The first kappa shape index (κ1) is 16.7. The maximum atomic E-state index is 12.8. The zero-order chi connectivity index (χ0) is 18.6. The Hall–Kier alpha value is -3.80. The zero-order valence-corrected chi connectivity index (χ0v) is 14.7. The third-order valence-corrected chi connectivity index (χ3v) is 4.28. The highest BCUT2D eigenvalue weighted by molar-refractivity contribution is 6.07. The smallest absolute Gasteiger partial charge is 0.272 e. The Bertz CT molecular complexity index is 1130. The number of aromatic nitrogens is 3. The fourth-order valence-electron chi connectivity index (χ4n) is 2.86. The summed E-state index contributed by atoms with van der Waals surface area (Å²) in [4.78, 5) is 21.5. The summed E-state index contributed by atoms with van der Waals surface area (Å²) in [5.41, 5.74) is 6.40. The number of para-hydroxylation sites is 1. The number of fused-ring (bicyclic) bond motifs is 1. The van der Waals surface area contributed by atoms with E-state index < -0.39 is 0 Å². The highest BCUT2D eigenvalue weighted by atomic mass is 16.2. The molecular weight excluding hydrogens is 338 g/mol. The highest BCUT2D eigenvalue weighted by Gasteiger charge is 2.13. The first-order valence-corrected chi connectivity index (χ1v) is 8.47. The molecule has 0 saturated carbocycles. The van der Waals surface area contributed by atoms with Crippen LogP contribution in [-0.2, 0) is 7.05 Å². The number of nitrogens with one attached hydrogen (secondary N) is 1. The van der Waals surface area contributed by atoms with Crippen molar-refractivity contribution >= 4 is 23.0 Å². The van der Waals surface area contributed by atoms with Crippen LogP contribution in [0.1, 0.15) is 16.1 Å². The van der Waals surface area contributed by atoms with Crippen molar-refractivity contribution < 1.29 is 4.79 Å². The molecule has 0 fully saturated rings. The van der Waals surface area contributed by atoms with Crippen molar-refractivity contribution in [3.05, 3.63) is 84.4 Å². The van der Waals surface area contributed by atoms with Crippen LogP contribution < -0.4 is 5.43 Å². The van der Waals surface area contributed by atoms with Crippen LogP contribution >= 0.6 is 0 Å². The van der Waals surface area contributed by atoms with Crippen LogP contribution in [0.3, 0.4) is 0 Å². The molecule has 0 bridgehead atoms. The van der Waals surface area contributed by atoms with Crippen LogP contribution in [0.5, 0.6) is 0 Å². The number of hydrazone groups is 1. The molecule has 0 saturated heterocycles. The average molecular weight is 355 g/mol. The van der Waals surface area contributed by atoms with Crippen LogP contribution in [0.25, 0.3) is 22.2 Å². The van der Waals surface area contributed by atoms with Crippen LogP contribution in [0.15, 0.2) is 78.3 Å². The highest BCUT2D eigenvalue weighted by Crippen LogP contribution is 2.24. The molecule has 3 aromatic heterocycles. The van der Waals surface area contributed by atoms with Gasteiger partial charge in [-0.25, -0.2) is 10.4 Å². The van der Waals surface area contributed by atoms with Gasteiger partial charge in [0.05, 0.1) is 28.7 Å². The second-order valence-corrected chi connectivity index (χ2v) is 6.05. The first-order valence-electron chi connectivity index (χ1n) is 8.47. The van der Waals surface area contributed by atoms with Crippen LogP contribution in [0.2, 0.25) is 0 Å². The lowest BCUT2D eigenvalue weighted by Crippen LogP contribution is -2.18. The molecule has 132 valence electrons. The van der Waals surface area contributed by atoms with E-state index in [1.54, 1.807) is 24.7 Å². The first-order chi connectivity index (χ1) is 13.2. The third-order valence-electron chi connectivity index (χ3n) is 4.28. The maximum absolute atomic E-state index is 12.8. The predicted octanol–water partition coefficient (Wildman–Crippen LogP) is 3.40. The lowest BCUT2D eigenvalue weighted by molar-refractivity contribution is 0.0956. The van der Waals surface area contributed by atoms with Crippen LogP contribution in [0.4, 0.5) is 0 Å². The molecule has 27 heavy (non-hydrogen) atoms. The number of pyridine rings is 2. The van der Waals surface area contributed by atoms with Crippen molar-refractivity contribution in [1.29, 1.82) is 0 Å². The van der Waals surface area contributed by atoms with Crippen molar-refractivity contribution in [1.82, 2.24) is 20.0 Å². The SMILES string of the molecule is Cn1cccc1C=NNC(=O)c1cc(-c2ccncc2)nc2ccccc12. The maximum Gasteiger partial charge on any atom is 0.272 e. The summed E-state index contributed by atoms with van der Waals surface area (Å²) in [5.74, 6) is -0.283. The molecule has 0 aliphatic heterocycles. The number of rotatable bonds is 4. The second-order valence-electron chi connectivity index (χ2n) is 6.05. The Labute approximate surface area is 156 Å². The number of aryl methyl sites for hydroxylation is 1. The minimum atomic E-state index is -0.283. The molecule has 3 heterocycles. The van der Waals surface area contributed by atoms with E-state index in [9.17, 15) is 4.79 Å². The van der Waals surface area contributed by atoms with E-state index in [1.165, 1.54) is 0 Å². The molecule has 1 amide bonds. The van der Waals surface area contributed by atoms with E-state index in [1.807, 2.05) is 66.3 Å². The third kappa shape index (κ3) is 3.46. The number of carbonyl (C=O) groups excluding carboxylic acids is 1. The lowest BCUT2D eigenvalue weighted by Gasteiger charge is -2.09. The van der Waals surface area contributed by atoms with Gasteiger partial charge in [0.15, 0.2) is 0 Å². The Morgan fingerprint density at radius 3 is 2.70 bits per heavy atom. The van der Waals surface area contributed by atoms with Gasteiger partial charge in [0.2, 0.25) is 0 Å². The molecule has 4 rings (SSSR count). The number of carbonyl (C=O) groups is 1. The Morgan fingerprint density at radius 2 is 1.93 bits per heavy atom. The van der Waals surface area contributed by atoms with Gasteiger partial charge in [0.1, 0.15) is 0 Å². The molecule has 1 aromatic carbocycles. The summed E-state index contributed by atoms with van der Waals surface area (Å²) < 4.78 is 1.92. The van der Waals surface area contributed by atoms with Crippen molar-refractivity contribution in [2.45, 2.75) is 0 Å². The minimum absolute atomic E-state index is 0.283. The molecule has 0 atom stereocenters. The Morgan fingerprint density at radius 1 is 1.11 bits per heavy atom. The summed E-state index contributed by atoms with van der Waals surface area (Å²) >= 11 is 0. The van der Waals surface area contributed by atoms with E-state index in [2.05, 4.69) is 20.5 Å². The van der Waals surface area contributed by atoms with Crippen molar-refractivity contribution in [3.8, 4) is 11.3 Å². The van der Waals surface area contributed by atoms with Crippen molar-refractivity contribution in [2.24, 2.45) is 12.1 Å². The molecule has 0 spiro atoms. The van der Waals surface area contributed by atoms with Gasteiger partial charge >= 0.3 is 0 Å². The zero-order valence-electron chi connectivity index (χ0n) is 14.7. The molecule has 0 unspecified atom stereocenters. The summed E-state index contributed by atoms with van der Waals surface area (Å²) in [6, 6.07) is 16.9. The molecule has 0 radical (unpaired) electrons. The monoisotopic (exact) mass is 355 g/mol. The van der Waals surface area contributed by atoms with Crippen LogP contribution in [-0.4, -0.2) is 26.7 Å². The molecule has 0 aliphatic rings. The Balaban J connectivity index is 1.70. The fraction of sp³-hybridized carbons (Fsp3) is 0.0476. The van der Waals surface area contributed by atoms with Gasteiger partial charge in [-0.15, -0.1) is 0 Å². The number of benzene rings is 1. The molecular formula is C21H17N5O. The van der Waals surface area contributed by atoms with Crippen molar-refractivity contribution in [2.75, 3.05) is 0 Å². The predicted molar refractivity (Wildman–Crippen MR) is 105 cm³/mol. The molecule has 1 N–H and O–H groups in total. The van der Waals surface area contributed by atoms with E-state index in [0.717, 1.165) is 22.2 Å². The van der Waals surface area contributed by atoms with Gasteiger partial charge in [-0.05, 0) is 36.4 Å². The quantitative estimate of drug-likeness (QED) is 0.450. The number of amides is 1. The van der Waals surface area contributed by atoms with E-state index >= 15 is 0 Å². The van der Waals surface area contributed by atoms with Gasteiger partial charge in [0.25, 0.3) is 5.91 Å². The number of hydrogen-bond acceptors (Lipinski definition) is 4. The number of hydrogen-bond donors (Lipinski definition) is 1. The van der Waals surface area contributed by atoms with E-state index in [-0.39, 0.29) is 5.91 Å². The summed E-state index contributed by atoms with van der Waals surface area (Å²) in [6.07, 6.45) is 6.94. The lowest BCUT2D eigenvalue weighted by atomic mass is 10.0. The number of nitrogens with zero attached hydrogens (tertiary/aromatic N) is 4. The normalized spacial score (nSPS) is 11.1. The van der Waals surface area contributed by atoms with Gasteiger partial charge in [-0.2, -0.15) is 5.10 Å². The summed E-state index contributed by atoms with van der Waals surface area (Å²) in [6.45, 7) is 0. The molecule has 0 aliphatic carbocycles. The average Bonchev–Trinajstić information content (AvgIpc) is 3.12. The summed E-state index contributed by atoms with van der Waals surface area (Å²) in [5, 5.41) is 4.86. The van der Waals surface area contributed by atoms with Gasteiger partial charge in [-0.3, -0.25) is 9.78 Å². The van der Waals surface area contributed by atoms with Gasteiger partial charge in [0, 0.05) is 36.6 Å². The molecule has 6 heteroatoms. The van der Waals surface area contributed by atoms with Gasteiger partial charge in [-0.1, -0.05) is 18.2 Å². The molecule has 6 nitrogen and oxygen atoms in total. The van der Waals surface area contributed by atoms with Crippen LogP contribution in [0, 0.1) is 0 Å². The largest absolute Gasteiger partial charge is 0.350 e. The van der Waals surface area contributed by atoms with Crippen molar-refractivity contribution in [3.63, 3.8) is 0 Å². The topological polar surface area (TPSA) is 72.2 Å². The minimum Gasteiger partial charge on any atom is -0.350 e. The molecule has 4 aromatic rings. The second kappa shape index (κ2) is 7.21.